The van der Waals surface area contributed by atoms with E-state index in [0.29, 0.717) is 0 Å². The Morgan fingerprint density at radius 1 is 0.952 bits per heavy atom. The Bertz CT molecular complexity index is 861. The number of hydrogen-bond donors (Lipinski definition) is 1. The standard InChI is InChI=1S/C17H12Cl2N2/c18-11-3-6-13(7-4-11)20-17-14-8-5-12(19)10-16(14)21-9-1-2-15(17)21/h1-8,10,20H,9H2. The lowest BCUT2D eigenvalue weighted by Crippen LogP contribution is -1.94. The first kappa shape index (κ1) is 12.8. The Morgan fingerprint density at radius 3 is 2.52 bits per heavy atom. The molecule has 2 aromatic carbocycles. The number of fused-ring (bicyclic) bond motifs is 3. The summed E-state index contributed by atoms with van der Waals surface area (Å²) in [5.74, 6) is 0. The van der Waals surface area contributed by atoms with E-state index in [1.807, 2.05) is 36.4 Å². The number of anilines is 2. The van der Waals surface area contributed by atoms with E-state index < -0.39 is 0 Å². The van der Waals surface area contributed by atoms with Gasteiger partial charge in [-0.1, -0.05) is 29.3 Å². The van der Waals surface area contributed by atoms with E-state index in [9.17, 15) is 0 Å². The van der Waals surface area contributed by atoms with E-state index in [2.05, 4.69) is 28.1 Å². The smallest absolute Gasteiger partial charge is 0.0720 e. The highest BCUT2D eigenvalue weighted by atomic mass is 35.5. The molecule has 2 heterocycles. The zero-order valence-corrected chi connectivity index (χ0v) is 12.6. The quantitative estimate of drug-likeness (QED) is 0.640. The van der Waals surface area contributed by atoms with Gasteiger partial charge in [0.15, 0.2) is 0 Å². The molecule has 1 aliphatic heterocycles. The van der Waals surface area contributed by atoms with Crippen LogP contribution in [0.3, 0.4) is 0 Å². The predicted molar refractivity (Wildman–Crippen MR) is 90.7 cm³/mol. The maximum atomic E-state index is 6.14. The van der Waals surface area contributed by atoms with Crippen molar-refractivity contribution in [2.24, 2.45) is 0 Å². The summed E-state index contributed by atoms with van der Waals surface area (Å²) in [6.07, 6.45) is 4.30. The van der Waals surface area contributed by atoms with Crippen LogP contribution >= 0.6 is 23.2 Å². The van der Waals surface area contributed by atoms with Crippen LogP contribution in [-0.2, 0) is 6.54 Å². The molecule has 0 saturated heterocycles. The number of hydrogen-bond acceptors (Lipinski definition) is 1. The topological polar surface area (TPSA) is 17.0 Å². The molecule has 0 radical (unpaired) electrons. The van der Waals surface area contributed by atoms with Crippen LogP contribution in [0.1, 0.15) is 5.69 Å². The minimum atomic E-state index is 0.735. The summed E-state index contributed by atoms with van der Waals surface area (Å²) in [6.45, 7) is 0.883. The molecule has 0 atom stereocenters. The summed E-state index contributed by atoms with van der Waals surface area (Å²) in [5.41, 5.74) is 4.46. The fourth-order valence-corrected chi connectivity index (χ4v) is 3.08. The van der Waals surface area contributed by atoms with Gasteiger partial charge in [-0.15, -0.1) is 0 Å². The van der Waals surface area contributed by atoms with Gasteiger partial charge >= 0.3 is 0 Å². The monoisotopic (exact) mass is 314 g/mol. The van der Waals surface area contributed by atoms with Crippen molar-refractivity contribution >= 4 is 51.6 Å². The van der Waals surface area contributed by atoms with Crippen molar-refractivity contribution in [3.63, 3.8) is 0 Å². The maximum absolute atomic E-state index is 6.14. The lowest BCUT2D eigenvalue weighted by molar-refractivity contribution is 0.883. The minimum absolute atomic E-state index is 0.735. The fourth-order valence-electron chi connectivity index (χ4n) is 2.79. The Labute approximate surface area is 132 Å². The molecule has 104 valence electrons. The van der Waals surface area contributed by atoms with E-state index in [1.54, 1.807) is 0 Å². The summed E-state index contributed by atoms with van der Waals surface area (Å²) < 4.78 is 2.26. The molecule has 0 spiro atoms. The summed E-state index contributed by atoms with van der Waals surface area (Å²) in [4.78, 5) is 0. The van der Waals surface area contributed by atoms with Crippen molar-refractivity contribution in [2.45, 2.75) is 6.54 Å². The molecule has 4 heteroatoms. The van der Waals surface area contributed by atoms with Gasteiger partial charge in [-0.25, -0.2) is 0 Å². The van der Waals surface area contributed by atoms with Crippen molar-refractivity contribution in [3.05, 3.63) is 64.3 Å². The van der Waals surface area contributed by atoms with Gasteiger partial charge in [0.05, 0.1) is 16.9 Å². The van der Waals surface area contributed by atoms with Gasteiger partial charge < -0.3 is 9.88 Å². The van der Waals surface area contributed by atoms with Crippen LogP contribution in [0, 0.1) is 0 Å². The van der Waals surface area contributed by atoms with E-state index in [4.69, 9.17) is 23.2 Å². The third-order valence-electron chi connectivity index (χ3n) is 3.74. The zero-order chi connectivity index (χ0) is 14.4. The van der Waals surface area contributed by atoms with E-state index in [-0.39, 0.29) is 0 Å². The molecule has 0 aliphatic carbocycles. The van der Waals surface area contributed by atoms with Crippen LogP contribution in [0.25, 0.3) is 17.0 Å². The van der Waals surface area contributed by atoms with Gasteiger partial charge in [0.25, 0.3) is 0 Å². The highest BCUT2D eigenvalue weighted by molar-refractivity contribution is 6.31. The number of allylic oxidation sites excluding steroid dienone is 1. The molecule has 4 rings (SSSR count). The Morgan fingerprint density at radius 2 is 1.71 bits per heavy atom. The van der Waals surface area contributed by atoms with Gasteiger partial charge in [-0.2, -0.15) is 0 Å². The third-order valence-corrected chi connectivity index (χ3v) is 4.23. The van der Waals surface area contributed by atoms with Crippen LogP contribution in [-0.4, -0.2) is 4.57 Å². The highest BCUT2D eigenvalue weighted by Gasteiger charge is 2.18. The molecule has 0 fully saturated rings. The largest absolute Gasteiger partial charge is 0.353 e. The van der Waals surface area contributed by atoms with Crippen LogP contribution in [0.15, 0.2) is 48.5 Å². The molecule has 0 bridgehead atoms. The van der Waals surface area contributed by atoms with E-state index >= 15 is 0 Å². The van der Waals surface area contributed by atoms with Crippen LogP contribution in [0.4, 0.5) is 11.4 Å². The SMILES string of the molecule is Clc1ccc(Nc2c3n(c4cc(Cl)ccc24)CC=C3)cc1. The number of aromatic nitrogens is 1. The summed E-state index contributed by atoms with van der Waals surface area (Å²) in [5, 5.41) is 6.17. The molecule has 2 nitrogen and oxygen atoms in total. The number of nitrogens with zero attached hydrogens (tertiary/aromatic N) is 1. The summed E-state index contributed by atoms with van der Waals surface area (Å²) >= 11 is 12.1. The van der Waals surface area contributed by atoms with Crippen molar-refractivity contribution in [2.75, 3.05) is 5.32 Å². The minimum Gasteiger partial charge on any atom is -0.353 e. The number of nitrogens with one attached hydrogen (secondary N) is 1. The number of halogens is 2. The Balaban J connectivity index is 1.88. The molecule has 0 unspecified atom stereocenters. The van der Waals surface area contributed by atoms with Gasteiger partial charge in [0.2, 0.25) is 0 Å². The molecular formula is C17H12Cl2N2. The van der Waals surface area contributed by atoms with Gasteiger partial charge in [0.1, 0.15) is 0 Å². The molecular weight excluding hydrogens is 303 g/mol. The predicted octanol–water partition coefficient (Wildman–Crippen LogP) is 5.72. The van der Waals surface area contributed by atoms with Crippen molar-refractivity contribution in [3.8, 4) is 0 Å². The van der Waals surface area contributed by atoms with Gasteiger partial charge in [-0.05, 0) is 48.5 Å². The molecule has 1 N–H and O–H groups in total. The average molecular weight is 315 g/mol. The molecule has 0 amide bonds. The van der Waals surface area contributed by atoms with Gasteiger partial charge in [0, 0.05) is 27.7 Å². The molecule has 3 aromatic rings. The lowest BCUT2D eigenvalue weighted by atomic mass is 10.2. The molecule has 21 heavy (non-hydrogen) atoms. The Kier molecular flexibility index (Phi) is 2.95. The summed E-state index contributed by atoms with van der Waals surface area (Å²) in [6, 6.07) is 13.7. The third kappa shape index (κ3) is 2.11. The second-order valence-electron chi connectivity index (χ2n) is 5.07. The van der Waals surface area contributed by atoms with Crippen molar-refractivity contribution < 1.29 is 0 Å². The number of rotatable bonds is 2. The molecule has 0 saturated carbocycles. The first-order valence-electron chi connectivity index (χ1n) is 6.73. The second kappa shape index (κ2) is 4.83. The lowest BCUT2D eigenvalue weighted by Gasteiger charge is -2.07. The summed E-state index contributed by atoms with van der Waals surface area (Å²) in [7, 11) is 0. The molecule has 1 aromatic heterocycles. The maximum Gasteiger partial charge on any atom is 0.0720 e. The number of benzene rings is 2. The normalized spacial score (nSPS) is 12.9. The first-order chi connectivity index (χ1) is 10.2. The average Bonchev–Trinajstić information content (AvgIpc) is 3.05. The van der Waals surface area contributed by atoms with Crippen molar-refractivity contribution in [1.29, 1.82) is 0 Å². The van der Waals surface area contributed by atoms with Gasteiger partial charge in [-0.3, -0.25) is 0 Å². The van der Waals surface area contributed by atoms with Crippen LogP contribution in [0.2, 0.25) is 10.0 Å². The highest BCUT2D eigenvalue weighted by Crippen LogP contribution is 2.37. The van der Waals surface area contributed by atoms with E-state index in [0.717, 1.165) is 33.5 Å². The second-order valence-corrected chi connectivity index (χ2v) is 5.94. The zero-order valence-electron chi connectivity index (χ0n) is 11.1. The first-order valence-corrected chi connectivity index (χ1v) is 7.49. The van der Waals surface area contributed by atoms with E-state index in [1.165, 1.54) is 11.1 Å². The molecule has 1 aliphatic rings. The fraction of sp³-hybridized carbons (Fsp3) is 0.0588. The van der Waals surface area contributed by atoms with Crippen LogP contribution < -0.4 is 5.32 Å². The van der Waals surface area contributed by atoms with Crippen molar-refractivity contribution in [1.82, 2.24) is 4.57 Å². The Hall–Kier alpha value is -1.90. The van der Waals surface area contributed by atoms with Crippen LogP contribution in [0.5, 0.6) is 0 Å².